The maximum atomic E-state index is 12.0. The average Bonchev–Trinajstić information content (AvgIpc) is 2.71. The number of benzene rings is 1. The van der Waals surface area contributed by atoms with Crippen LogP contribution in [0, 0.1) is 20.8 Å². The molecule has 106 valence electrons. The summed E-state index contributed by atoms with van der Waals surface area (Å²) in [6.07, 6.45) is 1.10. The molecule has 0 radical (unpaired) electrons. The van der Waals surface area contributed by atoms with Crippen molar-refractivity contribution >= 4 is 34.5 Å². The third-order valence-electron chi connectivity index (χ3n) is 3.11. The van der Waals surface area contributed by atoms with Crippen LogP contribution in [0.15, 0.2) is 18.2 Å². The van der Waals surface area contributed by atoms with Crippen LogP contribution >= 0.6 is 22.9 Å². The van der Waals surface area contributed by atoms with Gasteiger partial charge in [-0.05, 0) is 38.5 Å². The Morgan fingerprint density at radius 1 is 1.35 bits per heavy atom. The number of thiazole rings is 1. The van der Waals surface area contributed by atoms with E-state index in [1.165, 1.54) is 4.88 Å². The second-order valence-electron chi connectivity index (χ2n) is 4.76. The van der Waals surface area contributed by atoms with E-state index in [1.807, 2.05) is 32.9 Å². The van der Waals surface area contributed by atoms with Gasteiger partial charge in [0.15, 0.2) is 0 Å². The number of nitrogens with zero attached hydrogens (tertiary/aromatic N) is 1. The fraction of sp³-hybridized carbons (Fsp3) is 0.333. The summed E-state index contributed by atoms with van der Waals surface area (Å²) >= 11 is 7.59. The van der Waals surface area contributed by atoms with Crippen LogP contribution in [0.4, 0.5) is 5.69 Å². The predicted octanol–water partition coefficient (Wildman–Crippen LogP) is 4.29. The number of carbonyl (C=O) groups excluding carboxylic acids is 1. The third-order valence-corrected chi connectivity index (χ3v) is 4.48. The van der Waals surface area contributed by atoms with Gasteiger partial charge in [-0.3, -0.25) is 4.79 Å². The molecule has 0 aliphatic carbocycles. The summed E-state index contributed by atoms with van der Waals surface area (Å²) in [6, 6.07) is 5.48. The summed E-state index contributed by atoms with van der Waals surface area (Å²) in [5.74, 6) is -0.0131. The predicted molar refractivity (Wildman–Crippen MR) is 84.7 cm³/mol. The third kappa shape index (κ3) is 3.81. The molecule has 0 atom stereocenters. The fourth-order valence-electron chi connectivity index (χ4n) is 1.81. The Balaban J connectivity index is 1.94. The number of aryl methyl sites for hydroxylation is 4. The molecule has 2 rings (SSSR count). The molecule has 0 bridgehead atoms. The lowest BCUT2D eigenvalue weighted by Gasteiger charge is -2.08. The molecule has 0 spiro atoms. The summed E-state index contributed by atoms with van der Waals surface area (Å²) in [5.41, 5.74) is 2.83. The van der Waals surface area contributed by atoms with E-state index >= 15 is 0 Å². The van der Waals surface area contributed by atoms with Crippen LogP contribution in [0.25, 0.3) is 0 Å². The van der Waals surface area contributed by atoms with E-state index < -0.39 is 0 Å². The van der Waals surface area contributed by atoms with Crippen LogP contribution in [0.5, 0.6) is 0 Å². The number of anilines is 1. The van der Waals surface area contributed by atoms with Gasteiger partial charge in [-0.1, -0.05) is 17.7 Å². The number of amides is 1. The molecule has 20 heavy (non-hydrogen) atoms. The van der Waals surface area contributed by atoms with Crippen LogP contribution in [0.2, 0.25) is 5.02 Å². The lowest BCUT2D eigenvalue weighted by molar-refractivity contribution is -0.116. The van der Waals surface area contributed by atoms with Gasteiger partial charge in [0.05, 0.1) is 10.7 Å². The van der Waals surface area contributed by atoms with Gasteiger partial charge >= 0.3 is 0 Å². The molecule has 0 saturated carbocycles. The SMILES string of the molecule is Cc1ccc(Cl)cc1NC(=O)CCc1nc(C)c(C)s1. The molecule has 0 fully saturated rings. The van der Waals surface area contributed by atoms with Crippen molar-refractivity contribution in [3.8, 4) is 0 Å². The van der Waals surface area contributed by atoms with Gasteiger partial charge in [0.25, 0.3) is 0 Å². The van der Waals surface area contributed by atoms with Crippen molar-refractivity contribution in [1.82, 2.24) is 4.98 Å². The highest BCUT2D eigenvalue weighted by Crippen LogP contribution is 2.21. The van der Waals surface area contributed by atoms with E-state index in [0.29, 0.717) is 17.9 Å². The van der Waals surface area contributed by atoms with E-state index in [2.05, 4.69) is 10.3 Å². The first-order valence-corrected chi connectivity index (χ1v) is 7.64. The zero-order valence-electron chi connectivity index (χ0n) is 11.8. The number of nitrogens with one attached hydrogen (secondary N) is 1. The molecule has 0 aliphatic rings. The van der Waals surface area contributed by atoms with E-state index in [-0.39, 0.29) is 5.91 Å². The van der Waals surface area contributed by atoms with E-state index in [0.717, 1.165) is 22.0 Å². The van der Waals surface area contributed by atoms with Gasteiger partial charge in [-0.2, -0.15) is 0 Å². The molecule has 1 aromatic heterocycles. The Bertz CT molecular complexity index is 617. The molecule has 3 nitrogen and oxygen atoms in total. The quantitative estimate of drug-likeness (QED) is 0.915. The van der Waals surface area contributed by atoms with Crippen molar-refractivity contribution in [3.05, 3.63) is 44.4 Å². The van der Waals surface area contributed by atoms with Gasteiger partial charge < -0.3 is 5.32 Å². The first-order chi connectivity index (χ1) is 9.45. The summed E-state index contributed by atoms with van der Waals surface area (Å²) in [7, 11) is 0. The second-order valence-corrected chi connectivity index (χ2v) is 6.48. The van der Waals surface area contributed by atoms with Crippen LogP contribution < -0.4 is 5.32 Å². The van der Waals surface area contributed by atoms with Crippen LogP contribution in [-0.4, -0.2) is 10.9 Å². The zero-order valence-corrected chi connectivity index (χ0v) is 13.4. The smallest absolute Gasteiger partial charge is 0.224 e. The topological polar surface area (TPSA) is 42.0 Å². The number of hydrogen-bond donors (Lipinski definition) is 1. The first kappa shape index (κ1) is 15.0. The average molecular weight is 309 g/mol. The Kier molecular flexibility index (Phi) is 4.78. The van der Waals surface area contributed by atoms with Gasteiger partial charge in [-0.25, -0.2) is 4.98 Å². The maximum Gasteiger partial charge on any atom is 0.224 e. The lowest BCUT2D eigenvalue weighted by Crippen LogP contribution is -2.13. The molecule has 0 unspecified atom stereocenters. The highest BCUT2D eigenvalue weighted by atomic mass is 35.5. The minimum atomic E-state index is -0.0131. The minimum Gasteiger partial charge on any atom is -0.326 e. The van der Waals surface area contributed by atoms with E-state index in [1.54, 1.807) is 17.4 Å². The zero-order chi connectivity index (χ0) is 14.7. The summed E-state index contributed by atoms with van der Waals surface area (Å²) in [4.78, 5) is 17.6. The van der Waals surface area contributed by atoms with Gasteiger partial charge in [0, 0.05) is 28.4 Å². The normalized spacial score (nSPS) is 10.6. The van der Waals surface area contributed by atoms with Crippen molar-refractivity contribution in [2.24, 2.45) is 0 Å². The Morgan fingerprint density at radius 3 is 2.75 bits per heavy atom. The Morgan fingerprint density at radius 2 is 2.10 bits per heavy atom. The maximum absolute atomic E-state index is 12.0. The number of halogens is 1. The van der Waals surface area contributed by atoms with E-state index in [4.69, 9.17) is 11.6 Å². The van der Waals surface area contributed by atoms with E-state index in [9.17, 15) is 4.79 Å². The molecule has 1 amide bonds. The van der Waals surface area contributed by atoms with Crippen molar-refractivity contribution in [2.75, 3.05) is 5.32 Å². The van der Waals surface area contributed by atoms with Crippen LogP contribution in [0.1, 0.15) is 27.6 Å². The van der Waals surface area contributed by atoms with Gasteiger partial charge in [0.1, 0.15) is 0 Å². The van der Waals surface area contributed by atoms with Gasteiger partial charge in [-0.15, -0.1) is 11.3 Å². The van der Waals surface area contributed by atoms with Crippen molar-refractivity contribution in [2.45, 2.75) is 33.6 Å². The molecule has 1 aromatic carbocycles. The molecule has 0 saturated heterocycles. The fourth-order valence-corrected chi connectivity index (χ4v) is 2.91. The number of rotatable bonds is 4. The molecule has 1 heterocycles. The van der Waals surface area contributed by atoms with Gasteiger partial charge in [0.2, 0.25) is 5.91 Å². The summed E-state index contributed by atoms with van der Waals surface area (Å²) in [5, 5.41) is 4.53. The molecule has 5 heteroatoms. The number of aromatic nitrogens is 1. The van der Waals surface area contributed by atoms with Crippen LogP contribution in [0.3, 0.4) is 0 Å². The molecular formula is C15H17ClN2OS. The lowest BCUT2D eigenvalue weighted by atomic mass is 10.2. The Labute approximate surface area is 128 Å². The summed E-state index contributed by atoms with van der Waals surface area (Å²) < 4.78 is 0. The Hall–Kier alpha value is -1.39. The minimum absolute atomic E-state index is 0.0131. The highest BCUT2D eigenvalue weighted by Gasteiger charge is 2.09. The number of carbonyl (C=O) groups is 1. The molecular weight excluding hydrogens is 292 g/mol. The van der Waals surface area contributed by atoms with Crippen molar-refractivity contribution in [1.29, 1.82) is 0 Å². The second kappa shape index (κ2) is 6.37. The molecule has 1 N–H and O–H groups in total. The monoisotopic (exact) mass is 308 g/mol. The standard InChI is InChI=1S/C15H17ClN2OS/c1-9-4-5-12(16)8-13(9)18-14(19)6-7-15-17-10(2)11(3)20-15/h4-5,8H,6-7H2,1-3H3,(H,18,19). The van der Waals surface area contributed by atoms with Crippen molar-refractivity contribution < 1.29 is 4.79 Å². The molecule has 2 aromatic rings. The largest absolute Gasteiger partial charge is 0.326 e. The highest BCUT2D eigenvalue weighted by molar-refractivity contribution is 7.11. The number of hydrogen-bond acceptors (Lipinski definition) is 3. The molecule has 0 aliphatic heterocycles. The summed E-state index contributed by atoms with van der Waals surface area (Å²) in [6.45, 7) is 5.98. The first-order valence-electron chi connectivity index (χ1n) is 6.44. The van der Waals surface area contributed by atoms with Crippen molar-refractivity contribution in [3.63, 3.8) is 0 Å². The van der Waals surface area contributed by atoms with Crippen LogP contribution in [-0.2, 0) is 11.2 Å².